The molecule has 2 N–H and O–H groups in total. The highest BCUT2D eigenvalue weighted by molar-refractivity contribution is 7.89. The van der Waals surface area contributed by atoms with Crippen LogP contribution in [0, 0.1) is 5.92 Å². The molecule has 1 aromatic heterocycles. The summed E-state index contributed by atoms with van der Waals surface area (Å²) < 4.78 is 26.7. The fourth-order valence-electron chi connectivity index (χ4n) is 1.93. The van der Waals surface area contributed by atoms with E-state index in [1.165, 1.54) is 37.4 Å². The van der Waals surface area contributed by atoms with Crippen LogP contribution in [0.2, 0.25) is 0 Å². The minimum atomic E-state index is -3.59. The van der Waals surface area contributed by atoms with Crippen LogP contribution in [0.25, 0.3) is 6.08 Å². The number of nitrogens with zero attached hydrogens (tertiary/aromatic N) is 1. The van der Waals surface area contributed by atoms with E-state index in [1.54, 1.807) is 0 Å². The number of aliphatic carboxylic acids is 1. The Morgan fingerprint density at radius 2 is 2.19 bits per heavy atom. The van der Waals surface area contributed by atoms with E-state index in [1.807, 2.05) is 0 Å². The van der Waals surface area contributed by atoms with E-state index in [-0.39, 0.29) is 4.90 Å². The number of sulfonamides is 1. The van der Waals surface area contributed by atoms with Gasteiger partial charge in [-0.3, -0.25) is 4.98 Å². The third kappa shape index (κ3) is 5.28. The number of pyridine rings is 1. The van der Waals surface area contributed by atoms with Gasteiger partial charge < -0.3 is 5.11 Å². The first kappa shape index (κ1) is 15.7. The van der Waals surface area contributed by atoms with Crippen LogP contribution in [0.3, 0.4) is 0 Å². The second-order valence-corrected chi connectivity index (χ2v) is 6.88. The predicted molar refractivity (Wildman–Crippen MR) is 78.1 cm³/mol. The van der Waals surface area contributed by atoms with Gasteiger partial charge in [0.1, 0.15) is 4.90 Å². The van der Waals surface area contributed by atoms with Gasteiger partial charge in [0.2, 0.25) is 10.0 Å². The summed E-state index contributed by atoms with van der Waals surface area (Å²) in [4.78, 5) is 14.3. The molecule has 1 aromatic rings. The largest absolute Gasteiger partial charge is 0.478 e. The topological polar surface area (TPSA) is 96.4 Å². The van der Waals surface area contributed by atoms with Crippen molar-refractivity contribution in [2.24, 2.45) is 5.92 Å². The lowest BCUT2D eigenvalue weighted by Crippen LogP contribution is -2.25. The second kappa shape index (κ2) is 6.82. The number of carbonyl (C=O) groups is 1. The standard InChI is InChI=1S/C14H18N2O4S/c17-14(18)6-5-12-8-13(10-15-9-12)21(19,20)16-7-1-2-11-3-4-11/h5-6,8-11,16H,1-4,7H2,(H,17,18)/b6-5+. The highest BCUT2D eigenvalue weighted by Crippen LogP contribution is 2.33. The molecule has 114 valence electrons. The van der Waals surface area contributed by atoms with E-state index in [0.717, 1.165) is 24.8 Å². The summed E-state index contributed by atoms with van der Waals surface area (Å²) in [6, 6.07) is 1.40. The summed E-state index contributed by atoms with van der Waals surface area (Å²) in [5, 5.41) is 8.56. The van der Waals surface area contributed by atoms with Gasteiger partial charge in [0.25, 0.3) is 0 Å². The molecule has 0 amide bonds. The number of carboxylic acid groups (broad SMARTS) is 1. The van der Waals surface area contributed by atoms with Crippen LogP contribution < -0.4 is 4.72 Å². The lowest BCUT2D eigenvalue weighted by molar-refractivity contribution is -0.131. The van der Waals surface area contributed by atoms with Gasteiger partial charge in [0.05, 0.1) is 0 Å². The van der Waals surface area contributed by atoms with Crippen LogP contribution in [-0.4, -0.2) is 31.0 Å². The molecule has 0 saturated heterocycles. The van der Waals surface area contributed by atoms with E-state index < -0.39 is 16.0 Å². The summed E-state index contributed by atoms with van der Waals surface area (Å²) in [5.41, 5.74) is 0.429. The summed E-state index contributed by atoms with van der Waals surface area (Å²) in [6.07, 6.45) is 9.31. The van der Waals surface area contributed by atoms with Crippen LogP contribution in [0.1, 0.15) is 31.2 Å². The quantitative estimate of drug-likeness (QED) is 0.562. The fourth-order valence-corrected chi connectivity index (χ4v) is 3.00. The second-order valence-electron chi connectivity index (χ2n) is 5.11. The van der Waals surface area contributed by atoms with Gasteiger partial charge in [-0.05, 0) is 36.5 Å². The van der Waals surface area contributed by atoms with Crippen LogP contribution in [-0.2, 0) is 14.8 Å². The number of nitrogens with one attached hydrogen (secondary N) is 1. The summed E-state index contributed by atoms with van der Waals surface area (Å²) in [7, 11) is -3.59. The maximum absolute atomic E-state index is 12.1. The number of hydrogen-bond acceptors (Lipinski definition) is 4. The van der Waals surface area contributed by atoms with Gasteiger partial charge in [-0.1, -0.05) is 12.8 Å². The molecule has 0 bridgehead atoms. The van der Waals surface area contributed by atoms with Gasteiger partial charge in [-0.2, -0.15) is 0 Å². The van der Waals surface area contributed by atoms with Gasteiger partial charge >= 0.3 is 5.97 Å². The summed E-state index contributed by atoms with van der Waals surface area (Å²) in [5.74, 6) is -0.317. The molecule has 0 radical (unpaired) electrons. The van der Waals surface area contributed by atoms with E-state index in [0.29, 0.717) is 12.1 Å². The Kier molecular flexibility index (Phi) is 5.08. The lowest BCUT2D eigenvalue weighted by atomic mass is 10.2. The van der Waals surface area contributed by atoms with E-state index >= 15 is 0 Å². The maximum atomic E-state index is 12.1. The molecule has 0 unspecified atom stereocenters. The zero-order valence-corrected chi connectivity index (χ0v) is 12.3. The number of hydrogen-bond donors (Lipinski definition) is 2. The molecule has 0 spiro atoms. The highest BCUT2D eigenvalue weighted by Gasteiger charge is 2.21. The van der Waals surface area contributed by atoms with Crippen molar-refractivity contribution >= 4 is 22.1 Å². The summed E-state index contributed by atoms with van der Waals surface area (Å²) >= 11 is 0. The van der Waals surface area contributed by atoms with Gasteiger partial charge in [0.15, 0.2) is 0 Å². The van der Waals surface area contributed by atoms with E-state index in [2.05, 4.69) is 9.71 Å². The van der Waals surface area contributed by atoms with Crippen molar-refractivity contribution in [3.63, 3.8) is 0 Å². The molecular weight excluding hydrogens is 292 g/mol. The van der Waals surface area contributed by atoms with Crippen molar-refractivity contribution in [2.75, 3.05) is 6.54 Å². The Balaban J connectivity index is 1.97. The van der Waals surface area contributed by atoms with Crippen LogP contribution in [0.5, 0.6) is 0 Å². The van der Waals surface area contributed by atoms with E-state index in [9.17, 15) is 13.2 Å². The summed E-state index contributed by atoms with van der Waals surface area (Å²) in [6.45, 7) is 0.411. The smallest absolute Gasteiger partial charge is 0.328 e. The number of aromatic nitrogens is 1. The zero-order valence-electron chi connectivity index (χ0n) is 11.5. The molecule has 0 aromatic carbocycles. The fraction of sp³-hybridized carbons (Fsp3) is 0.429. The van der Waals surface area contributed by atoms with Crippen molar-refractivity contribution < 1.29 is 18.3 Å². The maximum Gasteiger partial charge on any atom is 0.328 e. The molecular formula is C14H18N2O4S. The average molecular weight is 310 g/mol. The Hall–Kier alpha value is -1.73. The van der Waals surface area contributed by atoms with Crippen molar-refractivity contribution in [1.29, 1.82) is 0 Å². The molecule has 21 heavy (non-hydrogen) atoms. The zero-order chi connectivity index (χ0) is 15.3. The van der Waals surface area contributed by atoms with Gasteiger partial charge in [0, 0.05) is 25.0 Å². The minimum absolute atomic E-state index is 0.0430. The van der Waals surface area contributed by atoms with Gasteiger partial charge in [-0.25, -0.2) is 17.9 Å². The molecule has 0 atom stereocenters. The monoisotopic (exact) mass is 310 g/mol. The Labute approximate surface area is 124 Å². The van der Waals surface area contributed by atoms with Gasteiger partial charge in [-0.15, -0.1) is 0 Å². The van der Waals surface area contributed by atoms with Crippen molar-refractivity contribution in [3.8, 4) is 0 Å². The number of carboxylic acids is 1. The SMILES string of the molecule is O=C(O)/C=C/c1cncc(S(=O)(=O)NCCCC2CC2)c1. The lowest BCUT2D eigenvalue weighted by Gasteiger charge is -2.06. The van der Waals surface area contributed by atoms with Crippen LogP contribution in [0.15, 0.2) is 29.4 Å². The molecule has 6 nitrogen and oxygen atoms in total. The van der Waals surface area contributed by atoms with Crippen LogP contribution >= 0.6 is 0 Å². The molecule has 1 aliphatic carbocycles. The average Bonchev–Trinajstić information content (AvgIpc) is 3.26. The minimum Gasteiger partial charge on any atom is -0.478 e. The molecule has 0 aliphatic heterocycles. The first-order valence-electron chi connectivity index (χ1n) is 6.83. The highest BCUT2D eigenvalue weighted by atomic mass is 32.2. The molecule has 1 aliphatic rings. The first-order chi connectivity index (χ1) is 9.97. The Bertz CT molecular complexity index is 636. The molecule has 1 fully saturated rings. The normalized spacial score (nSPS) is 15.4. The molecule has 1 saturated carbocycles. The molecule has 2 rings (SSSR count). The molecule has 1 heterocycles. The molecule has 7 heteroatoms. The predicted octanol–water partition coefficient (Wildman–Crippen LogP) is 1.65. The van der Waals surface area contributed by atoms with Crippen LogP contribution in [0.4, 0.5) is 0 Å². The first-order valence-corrected chi connectivity index (χ1v) is 8.31. The van der Waals surface area contributed by atoms with E-state index in [4.69, 9.17) is 5.11 Å². The Morgan fingerprint density at radius 1 is 1.43 bits per heavy atom. The van der Waals surface area contributed by atoms with Crippen molar-refractivity contribution in [1.82, 2.24) is 9.71 Å². The van der Waals surface area contributed by atoms with Crippen molar-refractivity contribution in [2.45, 2.75) is 30.6 Å². The third-order valence-electron chi connectivity index (χ3n) is 3.24. The van der Waals surface area contributed by atoms with Crippen molar-refractivity contribution in [3.05, 3.63) is 30.1 Å². The Morgan fingerprint density at radius 3 is 2.86 bits per heavy atom. The number of rotatable bonds is 8. The third-order valence-corrected chi connectivity index (χ3v) is 4.67.